The van der Waals surface area contributed by atoms with E-state index in [1.54, 1.807) is 6.20 Å². The summed E-state index contributed by atoms with van der Waals surface area (Å²) in [6.07, 6.45) is 6.81. The maximum atomic E-state index is 13.2. The van der Waals surface area contributed by atoms with Crippen LogP contribution in [0.5, 0.6) is 0 Å². The SMILES string of the molecule is C[C@@H]1CCN(C(=O)CSc2nnc(-c3cccnc3)n2C2CC2)c2ccccc2S1. The van der Waals surface area contributed by atoms with E-state index in [1.165, 1.54) is 16.7 Å². The third-order valence-corrected chi connectivity index (χ3v) is 7.53. The summed E-state index contributed by atoms with van der Waals surface area (Å²) in [6.45, 7) is 2.98. The average Bonchev–Trinajstić information content (AvgIpc) is 3.55. The highest BCUT2D eigenvalue weighted by atomic mass is 32.2. The number of hydrogen-bond acceptors (Lipinski definition) is 6. The zero-order valence-electron chi connectivity index (χ0n) is 16.8. The Morgan fingerprint density at radius 2 is 2.03 bits per heavy atom. The lowest BCUT2D eigenvalue weighted by Crippen LogP contribution is -2.33. The number of amides is 1. The van der Waals surface area contributed by atoms with Crippen LogP contribution >= 0.6 is 23.5 Å². The van der Waals surface area contributed by atoms with Crippen molar-refractivity contribution in [2.45, 2.75) is 47.5 Å². The number of rotatable bonds is 5. The van der Waals surface area contributed by atoms with E-state index in [-0.39, 0.29) is 5.91 Å². The van der Waals surface area contributed by atoms with Gasteiger partial charge in [-0.05, 0) is 43.5 Å². The second kappa shape index (κ2) is 8.43. The summed E-state index contributed by atoms with van der Waals surface area (Å²) in [5, 5.41) is 10.2. The first-order valence-electron chi connectivity index (χ1n) is 10.2. The fourth-order valence-corrected chi connectivity index (χ4v) is 5.67. The van der Waals surface area contributed by atoms with Crippen molar-refractivity contribution >= 4 is 35.1 Å². The Kier molecular flexibility index (Phi) is 5.52. The van der Waals surface area contributed by atoms with Crippen LogP contribution in [0.15, 0.2) is 58.8 Å². The van der Waals surface area contributed by atoms with Crippen molar-refractivity contribution in [3.63, 3.8) is 0 Å². The summed E-state index contributed by atoms with van der Waals surface area (Å²) in [6, 6.07) is 12.5. The van der Waals surface area contributed by atoms with Crippen LogP contribution in [0.4, 0.5) is 5.69 Å². The van der Waals surface area contributed by atoms with E-state index in [9.17, 15) is 4.79 Å². The van der Waals surface area contributed by atoms with Crippen molar-refractivity contribution in [3.05, 3.63) is 48.8 Å². The van der Waals surface area contributed by atoms with Gasteiger partial charge in [-0.1, -0.05) is 30.8 Å². The molecule has 0 saturated heterocycles. The standard InChI is InChI=1S/C22H23N5OS2/c1-15-10-12-26(18-6-2-3-7-19(18)30-15)20(28)14-29-22-25-24-21(27(22)17-8-9-17)16-5-4-11-23-13-16/h2-7,11,13,15,17H,8-10,12,14H2,1H3/t15-/m1/s1. The predicted octanol–water partition coefficient (Wildman–Crippen LogP) is 4.68. The van der Waals surface area contributed by atoms with E-state index in [0.29, 0.717) is 17.0 Å². The normalized spacial score (nSPS) is 18.7. The second-order valence-corrected chi connectivity index (χ2v) is 10.1. The molecule has 0 radical (unpaired) electrons. The third-order valence-electron chi connectivity index (χ3n) is 5.37. The molecule has 1 fully saturated rings. The van der Waals surface area contributed by atoms with Crippen LogP contribution < -0.4 is 4.90 Å². The molecule has 1 aliphatic carbocycles. The molecule has 5 rings (SSSR count). The maximum absolute atomic E-state index is 13.2. The van der Waals surface area contributed by atoms with Gasteiger partial charge in [-0.2, -0.15) is 0 Å². The minimum absolute atomic E-state index is 0.121. The molecule has 154 valence electrons. The third kappa shape index (κ3) is 3.98. The molecular weight excluding hydrogens is 414 g/mol. The number of thioether (sulfide) groups is 2. The molecule has 1 amide bonds. The summed E-state index contributed by atoms with van der Waals surface area (Å²) >= 11 is 3.34. The molecule has 6 nitrogen and oxygen atoms in total. The van der Waals surface area contributed by atoms with Crippen LogP contribution in [0.2, 0.25) is 0 Å². The summed E-state index contributed by atoms with van der Waals surface area (Å²) < 4.78 is 2.18. The number of hydrogen-bond donors (Lipinski definition) is 0. The van der Waals surface area contributed by atoms with E-state index in [1.807, 2.05) is 47.1 Å². The van der Waals surface area contributed by atoms with Crippen LogP contribution in [-0.2, 0) is 4.79 Å². The van der Waals surface area contributed by atoms with Crippen molar-refractivity contribution in [1.29, 1.82) is 0 Å². The van der Waals surface area contributed by atoms with Crippen molar-refractivity contribution < 1.29 is 4.79 Å². The molecule has 1 aliphatic heterocycles. The molecule has 2 aromatic heterocycles. The van der Waals surface area contributed by atoms with Gasteiger partial charge in [-0.3, -0.25) is 14.3 Å². The number of anilines is 1. The highest BCUT2D eigenvalue weighted by Gasteiger charge is 2.31. The first-order chi connectivity index (χ1) is 14.7. The van der Waals surface area contributed by atoms with Crippen LogP contribution in [-0.4, -0.2) is 43.2 Å². The number of pyridine rings is 1. The monoisotopic (exact) mass is 437 g/mol. The van der Waals surface area contributed by atoms with Gasteiger partial charge in [0.25, 0.3) is 0 Å². The van der Waals surface area contributed by atoms with E-state index in [0.717, 1.165) is 48.0 Å². The number of fused-ring (bicyclic) bond motifs is 1. The van der Waals surface area contributed by atoms with Crippen molar-refractivity contribution in [3.8, 4) is 11.4 Å². The molecule has 1 aromatic carbocycles. The maximum Gasteiger partial charge on any atom is 0.237 e. The predicted molar refractivity (Wildman–Crippen MR) is 121 cm³/mol. The highest BCUT2D eigenvalue weighted by Crippen LogP contribution is 2.41. The number of carbonyl (C=O) groups is 1. The van der Waals surface area contributed by atoms with Gasteiger partial charge in [0.05, 0.1) is 11.4 Å². The van der Waals surface area contributed by atoms with Gasteiger partial charge in [0.15, 0.2) is 11.0 Å². The molecule has 3 heterocycles. The fraction of sp³-hybridized carbons (Fsp3) is 0.364. The lowest BCUT2D eigenvalue weighted by molar-refractivity contribution is -0.116. The van der Waals surface area contributed by atoms with Crippen molar-refractivity contribution in [2.24, 2.45) is 0 Å². The van der Waals surface area contributed by atoms with Gasteiger partial charge in [-0.25, -0.2) is 0 Å². The van der Waals surface area contributed by atoms with Crippen LogP contribution in [0.25, 0.3) is 11.4 Å². The number of aromatic nitrogens is 4. The van der Waals surface area contributed by atoms with Crippen molar-refractivity contribution in [1.82, 2.24) is 19.7 Å². The van der Waals surface area contributed by atoms with Gasteiger partial charge in [0, 0.05) is 40.7 Å². The van der Waals surface area contributed by atoms with E-state index < -0.39 is 0 Å². The molecule has 8 heteroatoms. The average molecular weight is 438 g/mol. The molecule has 1 saturated carbocycles. The fourth-order valence-electron chi connectivity index (χ4n) is 3.68. The minimum Gasteiger partial charge on any atom is -0.311 e. The quantitative estimate of drug-likeness (QED) is 0.540. The first kappa shape index (κ1) is 19.6. The van der Waals surface area contributed by atoms with Crippen LogP contribution in [0.1, 0.15) is 32.2 Å². The Morgan fingerprint density at radius 1 is 1.17 bits per heavy atom. The second-order valence-electron chi connectivity index (χ2n) is 7.67. The molecule has 0 N–H and O–H groups in total. The highest BCUT2D eigenvalue weighted by molar-refractivity contribution is 8.00. The van der Waals surface area contributed by atoms with Gasteiger partial charge in [0.2, 0.25) is 5.91 Å². The number of nitrogens with zero attached hydrogens (tertiary/aromatic N) is 5. The minimum atomic E-state index is 0.121. The molecule has 2 aliphatic rings. The van der Waals surface area contributed by atoms with Gasteiger partial charge >= 0.3 is 0 Å². The summed E-state index contributed by atoms with van der Waals surface area (Å²) in [5.41, 5.74) is 1.99. The number of para-hydroxylation sites is 1. The summed E-state index contributed by atoms with van der Waals surface area (Å²) in [5.74, 6) is 1.31. The zero-order chi connectivity index (χ0) is 20.5. The Hall–Kier alpha value is -2.32. The summed E-state index contributed by atoms with van der Waals surface area (Å²) in [7, 11) is 0. The largest absolute Gasteiger partial charge is 0.311 e. The molecule has 0 bridgehead atoms. The molecule has 3 aromatic rings. The Labute approximate surface area is 184 Å². The Morgan fingerprint density at radius 3 is 2.83 bits per heavy atom. The van der Waals surface area contributed by atoms with E-state index >= 15 is 0 Å². The molecule has 30 heavy (non-hydrogen) atoms. The van der Waals surface area contributed by atoms with Gasteiger partial charge in [0.1, 0.15) is 0 Å². The topological polar surface area (TPSA) is 63.9 Å². The van der Waals surface area contributed by atoms with Gasteiger partial charge in [-0.15, -0.1) is 22.0 Å². The number of benzene rings is 1. The molecular formula is C22H23N5OS2. The van der Waals surface area contributed by atoms with E-state index in [4.69, 9.17) is 0 Å². The molecule has 0 unspecified atom stereocenters. The van der Waals surface area contributed by atoms with Crippen molar-refractivity contribution in [2.75, 3.05) is 17.2 Å². The summed E-state index contributed by atoms with van der Waals surface area (Å²) in [4.78, 5) is 20.5. The first-order valence-corrected chi connectivity index (χ1v) is 12.1. The lowest BCUT2D eigenvalue weighted by Gasteiger charge is -2.22. The molecule has 0 spiro atoms. The van der Waals surface area contributed by atoms with Crippen LogP contribution in [0, 0.1) is 0 Å². The molecule has 1 atom stereocenters. The number of carbonyl (C=O) groups excluding carboxylic acids is 1. The lowest BCUT2D eigenvalue weighted by atomic mass is 10.2. The zero-order valence-corrected chi connectivity index (χ0v) is 18.4. The smallest absolute Gasteiger partial charge is 0.237 e. The van der Waals surface area contributed by atoms with Gasteiger partial charge < -0.3 is 4.90 Å². The Bertz CT molecular complexity index is 1050. The Balaban J connectivity index is 1.36. The van der Waals surface area contributed by atoms with Crippen LogP contribution in [0.3, 0.4) is 0 Å². The van der Waals surface area contributed by atoms with E-state index in [2.05, 4.69) is 38.8 Å².